The Labute approximate surface area is 429 Å². The van der Waals surface area contributed by atoms with Gasteiger partial charge in [-0.1, -0.05) is 39.2 Å². The van der Waals surface area contributed by atoms with Crippen molar-refractivity contribution in [2.75, 3.05) is 45.1 Å². The maximum Gasteiger partial charge on any atom is 1.00 e. The van der Waals surface area contributed by atoms with E-state index < -0.39 is 23.8 Å². The molecule has 3 N–H and O–H groups in total. The van der Waals surface area contributed by atoms with Crippen LogP contribution in [0.1, 0.15) is 73.0 Å². The number of aliphatic imine (C=N–C) groups is 1. The molecule has 22 heteroatoms. The number of ether oxygens (including phenoxy) is 4. The minimum absolute atomic E-state index is 0. The molecular formula is C48H51ClF2LiN9O7S2. The quantitative estimate of drug-likeness (QED) is 0.0180. The monoisotopic (exact) mass is 1010 g/mol. The molecule has 0 spiro atoms. The standard InChI is InChI=1S/C48H51ClF2N9O7S2.Li/c1-27-19-35(37(22-53-27)44(63)55-46-57-59-47(69-46)66-25-29-9-14-32(50)15-10-29)36-20-41(49)60(24-40(36)65-5)23-31(21-52-3)13-18-34(28(2)42-38(51)7-6-8-39(42)64-4)43(62)54-45-56-58-48(68-45)67-26-30-11-16-33(61)17-12-30;/h2,6-8,18-22,24,29-30,32-33,61H,9-12,14-17,23,25-26H2,1,3-5H3,(H,54,56,62)(H,55,57,63);/q-1;+1/b34-18+,52-21?;. The molecule has 4 aromatic heterocycles. The fraction of sp³-hybridized carbons (Fsp3) is 0.396. The Morgan fingerprint density at radius 3 is 2.20 bits per heavy atom. The van der Waals surface area contributed by atoms with Gasteiger partial charge in [0.2, 0.25) is 22.4 Å². The predicted molar refractivity (Wildman–Crippen MR) is 258 cm³/mol. The van der Waals surface area contributed by atoms with Gasteiger partial charge in [-0.25, -0.2) is 15.4 Å². The number of amides is 2. The number of pyridine rings is 2. The average molecular weight is 1010 g/mol. The molecule has 2 fully saturated rings. The van der Waals surface area contributed by atoms with Crippen LogP contribution in [0, 0.1) is 37.2 Å². The average Bonchev–Trinajstić information content (AvgIpc) is 4.00. The van der Waals surface area contributed by atoms with Crippen molar-refractivity contribution < 1.29 is 65.9 Å². The van der Waals surface area contributed by atoms with E-state index in [4.69, 9.17) is 37.1 Å². The van der Waals surface area contributed by atoms with E-state index in [2.05, 4.69) is 47.1 Å². The van der Waals surface area contributed by atoms with Gasteiger partial charge >= 0.3 is 18.9 Å². The number of benzene rings is 1. The summed E-state index contributed by atoms with van der Waals surface area (Å²) < 4.78 is 53.7. The molecule has 0 radical (unpaired) electrons. The minimum atomic E-state index is -0.760. The molecule has 0 saturated heterocycles. The van der Waals surface area contributed by atoms with Crippen molar-refractivity contribution in [1.82, 2.24) is 25.4 Å². The van der Waals surface area contributed by atoms with Crippen molar-refractivity contribution in [2.24, 2.45) is 16.8 Å². The van der Waals surface area contributed by atoms with Crippen LogP contribution in [0.2, 0.25) is 5.15 Å². The molecule has 364 valence electrons. The second kappa shape index (κ2) is 25.5. The Balaban J connectivity index is 0.00000804. The number of methoxy groups -OCH3 is 2. The first kappa shape index (κ1) is 53.7. The summed E-state index contributed by atoms with van der Waals surface area (Å²) in [6, 6.07) is 7.55. The van der Waals surface area contributed by atoms with Crippen LogP contribution < -0.4 is 53.0 Å². The third-order valence-corrected chi connectivity index (χ3v) is 13.5. The molecule has 16 nitrogen and oxygen atoms in total. The maximum atomic E-state index is 15.4. The van der Waals surface area contributed by atoms with Gasteiger partial charge in [0.05, 0.1) is 50.7 Å². The number of hydrogen-bond donors (Lipinski definition) is 3. The molecule has 7 rings (SSSR count). The molecule has 1 aromatic carbocycles. The summed E-state index contributed by atoms with van der Waals surface area (Å²) in [6.07, 6.45) is 13.5. The fourth-order valence-electron chi connectivity index (χ4n) is 7.91. The molecule has 2 saturated carbocycles. The van der Waals surface area contributed by atoms with Gasteiger partial charge in [0, 0.05) is 36.1 Å². The van der Waals surface area contributed by atoms with E-state index in [1.54, 1.807) is 36.9 Å². The van der Waals surface area contributed by atoms with E-state index in [0.29, 0.717) is 72.2 Å². The molecule has 0 atom stereocenters. The first-order chi connectivity index (χ1) is 33.3. The zero-order valence-electron chi connectivity index (χ0n) is 39.3. The Morgan fingerprint density at radius 1 is 0.943 bits per heavy atom. The summed E-state index contributed by atoms with van der Waals surface area (Å²) in [5.74, 6) is -1.06. The van der Waals surface area contributed by atoms with Gasteiger partial charge in [-0.15, -0.1) is 10.2 Å². The SMILES string of the molecule is [CH-]=C(/C(=C\[C-]=C(C=NC)C[n+]1cc(OC)c(-c2cc(C)ncc2C(=O)Nc2nnc(OCC3CCC(F)CC3)s2)cc1Cl)C(=O)Nc1nnc(OCC2CCC(O)CC2)s1)c1c(F)cccc1OC.[Li+]. The van der Waals surface area contributed by atoms with Crippen molar-refractivity contribution in [3.05, 3.63) is 100 Å². The van der Waals surface area contributed by atoms with E-state index >= 15 is 4.39 Å². The van der Waals surface area contributed by atoms with Gasteiger partial charge in [-0.2, -0.15) is 22.3 Å². The summed E-state index contributed by atoms with van der Waals surface area (Å²) in [7, 11) is 4.39. The van der Waals surface area contributed by atoms with Crippen LogP contribution in [0.15, 0.2) is 64.9 Å². The minimum Gasteiger partial charge on any atom is -0.509 e. The largest absolute Gasteiger partial charge is 1.00 e. The van der Waals surface area contributed by atoms with Crippen LogP contribution in [0.3, 0.4) is 0 Å². The molecule has 0 unspecified atom stereocenters. The molecule has 5 aromatic rings. The number of carbonyl (C=O) groups excluding carboxylic acids is 2. The fourth-order valence-corrected chi connectivity index (χ4v) is 9.33. The smallest absolute Gasteiger partial charge is 0.509 e. The zero-order chi connectivity index (χ0) is 49.0. The molecule has 0 aliphatic heterocycles. The van der Waals surface area contributed by atoms with Gasteiger partial charge in [-0.3, -0.25) is 19.9 Å². The molecule has 0 bridgehead atoms. The second-order valence-corrected chi connectivity index (χ2v) is 18.8. The van der Waals surface area contributed by atoms with Gasteiger partial charge in [-0.05, 0) is 123 Å². The number of aliphatic hydroxyl groups is 1. The molecule has 2 aliphatic carbocycles. The molecule has 70 heavy (non-hydrogen) atoms. The summed E-state index contributed by atoms with van der Waals surface area (Å²) in [4.78, 5) is 36.4. The summed E-state index contributed by atoms with van der Waals surface area (Å²) in [5.41, 5.74) is 1.61. The Kier molecular flexibility index (Phi) is 19.6. The number of allylic oxidation sites excluding steroid dienone is 3. The van der Waals surface area contributed by atoms with Crippen LogP contribution in [-0.4, -0.2) is 95.3 Å². The van der Waals surface area contributed by atoms with Crippen LogP contribution in [0.25, 0.3) is 16.7 Å². The second-order valence-electron chi connectivity index (χ2n) is 16.5. The number of nitrogens with one attached hydrogen (secondary N) is 2. The van der Waals surface area contributed by atoms with E-state index in [9.17, 15) is 19.1 Å². The zero-order valence-corrected chi connectivity index (χ0v) is 41.7. The topological polar surface area (TPSA) is 196 Å². The van der Waals surface area contributed by atoms with Crippen molar-refractivity contribution in [3.8, 4) is 33.0 Å². The van der Waals surface area contributed by atoms with Crippen molar-refractivity contribution in [1.29, 1.82) is 0 Å². The van der Waals surface area contributed by atoms with E-state index in [0.717, 1.165) is 48.4 Å². The van der Waals surface area contributed by atoms with E-state index in [1.807, 2.05) is 0 Å². The third kappa shape index (κ3) is 14.0. The van der Waals surface area contributed by atoms with Crippen LogP contribution in [0.4, 0.5) is 19.0 Å². The van der Waals surface area contributed by atoms with Crippen LogP contribution in [-0.2, 0) is 11.3 Å². The normalized spacial score (nSPS) is 18.5. The summed E-state index contributed by atoms with van der Waals surface area (Å²) >= 11 is 9.06. The van der Waals surface area contributed by atoms with Crippen molar-refractivity contribution in [3.63, 3.8) is 0 Å². The summed E-state index contributed by atoms with van der Waals surface area (Å²) in [5, 5.41) is 32.7. The number of anilines is 2. The number of halogens is 3. The number of aliphatic hydroxyl groups excluding tert-OH is 1. The molecule has 4 heterocycles. The van der Waals surface area contributed by atoms with Gasteiger partial charge < -0.3 is 34.4 Å². The van der Waals surface area contributed by atoms with E-state index in [-0.39, 0.29) is 92.0 Å². The Bertz CT molecular complexity index is 2740. The number of nitrogens with zero attached hydrogens (tertiary/aromatic N) is 7. The van der Waals surface area contributed by atoms with Gasteiger partial charge in [0.15, 0.2) is 12.3 Å². The van der Waals surface area contributed by atoms with Crippen molar-refractivity contribution >= 4 is 68.1 Å². The predicted octanol–water partition coefficient (Wildman–Crippen LogP) is 5.46. The maximum absolute atomic E-state index is 15.4. The number of carbonyl (C=O) groups is 2. The number of aryl methyl sites for hydroxylation is 1. The Hall–Kier alpha value is -5.62. The number of alkyl halides is 1. The van der Waals surface area contributed by atoms with Gasteiger partial charge in [0.25, 0.3) is 21.4 Å². The first-order valence-corrected chi connectivity index (χ1v) is 24.1. The Morgan fingerprint density at radius 2 is 1.57 bits per heavy atom. The van der Waals surface area contributed by atoms with Crippen LogP contribution >= 0.6 is 34.3 Å². The van der Waals surface area contributed by atoms with E-state index in [1.165, 1.54) is 50.9 Å². The number of hydrogen-bond acceptors (Lipinski definition) is 15. The number of rotatable bonds is 19. The number of aromatic nitrogens is 6. The molecule has 2 amide bonds. The van der Waals surface area contributed by atoms with Crippen molar-refractivity contribution in [2.45, 2.75) is 77.1 Å². The molecular weight excluding hydrogens is 959 g/mol. The third-order valence-electron chi connectivity index (χ3n) is 11.6. The van der Waals surface area contributed by atoms with Gasteiger partial charge in [0.1, 0.15) is 6.17 Å². The first-order valence-electron chi connectivity index (χ1n) is 22.1. The summed E-state index contributed by atoms with van der Waals surface area (Å²) in [6.45, 7) is 9.22. The molecule has 2 aliphatic rings. The van der Waals surface area contributed by atoms with Crippen LogP contribution in [0.5, 0.6) is 21.9 Å².